The molecule has 1 saturated heterocycles. The van der Waals surface area contributed by atoms with Crippen LogP contribution >= 0.6 is 66.5 Å². The Hall–Kier alpha value is -12.0. The Labute approximate surface area is 862 Å². The molecule has 1 aliphatic heterocycles. The van der Waals surface area contributed by atoms with E-state index in [4.69, 9.17) is 49.1 Å². The van der Waals surface area contributed by atoms with E-state index >= 15 is 0 Å². The van der Waals surface area contributed by atoms with Crippen molar-refractivity contribution in [3.05, 3.63) is 547 Å². The number of fused-ring (bicyclic) bond motifs is 8. The fourth-order valence-electron chi connectivity index (χ4n) is 17.8. The van der Waals surface area contributed by atoms with Gasteiger partial charge < -0.3 is 9.31 Å². The van der Waals surface area contributed by atoms with E-state index < -0.39 is 31.7 Å². The molecule has 0 saturated carbocycles. The van der Waals surface area contributed by atoms with Crippen molar-refractivity contribution in [2.75, 3.05) is 0 Å². The standard InChI is InChI=1S/C24H18ClN.C21H25BO2.4C18H15P.C9H5Cl2N.CH4.Pd/c1-24(2)19-7-4-3-6-16(19)17-11-10-15(14-20(17)24)22-13-12-18-21(25)8-5-9-23(18)26-22;1-19(2)17-10-8-7-9-15(17)16-12-11-14(13-18(16)19)22-23-20(3,4)21(5,6)24-22;4*1-4-10-16(11-5-1)19(17-12-6-2-7-13-17)18-14-8-3-9-15-18;10-7-2-1-3-8-6(7)4-5-9(11)12-8;;/h3-14H,1-2H3;7-13H,1-6H3;4*1-15H;1-5H;1H4;. The van der Waals surface area contributed by atoms with Gasteiger partial charge in [0.05, 0.1) is 27.9 Å². The van der Waals surface area contributed by atoms with E-state index in [1.807, 2.05) is 42.5 Å². The van der Waals surface area contributed by atoms with Crippen LogP contribution in [-0.2, 0) is 40.6 Å². The van der Waals surface area contributed by atoms with E-state index in [1.165, 1.54) is 108 Å². The second-order valence-electron chi connectivity index (χ2n) is 35.8. The second-order valence-corrected chi connectivity index (χ2v) is 45.9. The number of aromatic nitrogens is 2. The quantitative estimate of drug-likeness (QED) is 0.0618. The first kappa shape index (κ1) is 102. The Morgan fingerprint density at radius 3 is 0.764 bits per heavy atom. The zero-order valence-corrected chi connectivity index (χ0v) is 86.4. The Morgan fingerprint density at radius 2 is 0.471 bits per heavy atom. The molecule has 0 atom stereocenters. The van der Waals surface area contributed by atoms with Crippen molar-refractivity contribution in [2.24, 2.45) is 0 Å². The minimum atomic E-state index is -0.446. The Kier molecular flexibility index (Phi) is 35.1. The van der Waals surface area contributed by atoms with Crippen LogP contribution in [0.5, 0.6) is 0 Å². The molecule has 18 aromatic carbocycles. The number of pyridine rings is 2. The first-order chi connectivity index (χ1) is 67.3. The molecule has 2 aliphatic carbocycles. The molecule has 1 fully saturated rings. The average molecular weight is 2050 g/mol. The maximum absolute atomic E-state index is 6.28. The zero-order valence-electron chi connectivity index (χ0n) is 79.0. The number of benzene rings is 18. The molecule has 20 aromatic rings. The van der Waals surface area contributed by atoms with E-state index in [-0.39, 0.29) is 57.0 Å². The van der Waals surface area contributed by atoms with Gasteiger partial charge in [0.15, 0.2) is 0 Å². The van der Waals surface area contributed by atoms with Crippen LogP contribution in [-0.4, -0.2) is 28.3 Å². The predicted molar refractivity (Wildman–Crippen MR) is 609 cm³/mol. The minimum absolute atomic E-state index is 0. The number of hydrogen-bond donors (Lipinski definition) is 0. The van der Waals surface area contributed by atoms with Gasteiger partial charge >= 0.3 is 7.12 Å². The van der Waals surface area contributed by atoms with E-state index in [2.05, 4.69) is 521 Å². The molecule has 0 radical (unpaired) electrons. The van der Waals surface area contributed by atoms with Crippen LogP contribution in [0.4, 0.5) is 0 Å². The largest absolute Gasteiger partial charge is 0.494 e. The van der Waals surface area contributed by atoms with E-state index in [9.17, 15) is 0 Å². The van der Waals surface area contributed by atoms with Crippen molar-refractivity contribution in [3.8, 4) is 33.5 Å². The fraction of sp³-hybridized carbons (Fsp3) is 0.102. The Bertz CT molecular complexity index is 6510. The summed E-state index contributed by atoms with van der Waals surface area (Å²) in [6.45, 7) is 17.6. The molecule has 3 heterocycles. The monoisotopic (exact) mass is 2040 g/mol. The van der Waals surface area contributed by atoms with Crippen LogP contribution in [0, 0.1) is 0 Å². The zero-order chi connectivity index (χ0) is 95.4. The third-order valence-electron chi connectivity index (χ3n) is 25.5. The van der Waals surface area contributed by atoms with Crippen LogP contribution in [0.2, 0.25) is 15.2 Å². The van der Waals surface area contributed by atoms with Gasteiger partial charge in [-0.25, -0.2) is 9.97 Å². The normalized spacial score (nSPS) is 13.1. The van der Waals surface area contributed by atoms with Gasteiger partial charge in [0.25, 0.3) is 0 Å². The minimum Gasteiger partial charge on any atom is -0.399 e. The predicted octanol–water partition coefficient (Wildman–Crippen LogP) is 29.1. The number of hydrogen-bond acceptors (Lipinski definition) is 4. The van der Waals surface area contributed by atoms with Gasteiger partial charge in [0, 0.05) is 57.6 Å². The maximum atomic E-state index is 6.28. The fourth-order valence-corrected chi connectivity index (χ4v) is 27.6. The number of halogens is 3. The maximum Gasteiger partial charge on any atom is 0.494 e. The van der Waals surface area contributed by atoms with E-state index in [0.29, 0.717) is 10.2 Å². The molecule has 13 heteroatoms. The molecule has 140 heavy (non-hydrogen) atoms. The van der Waals surface area contributed by atoms with Gasteiger partial charge in [-0.2, -0.15) is 0 Å². The third kappa shape index (κ3) is 24.2. The molecule has 23 rings (SSSR count). The van der Waals surface area contributed by atoms with Gasteiger partial charge in [-0.1, -0.05) is 525 Å². The molecule has 0 unspecified atom stereocenters. The Balaban J connectivity index is 0.000000124. The van der Waals surface area contributed by atoms with E-state index in [0.717, 1.165) is 43.5 Å². The summed E-state index contributed by atoms with van der Waals surface area (Å²) in [5.41, 5.74) is 15.2. The summed E-state index contributed by atoms with van der Waals surface area (Å²) in [5.74, 6) is 0. The molecule has 3 aliphatic rings. The van der Waals surface area contributed by atoms with Crippen LogP contribution < -0.4 is 69.1 Å². The van der Waals surface area contributed by atoms with Crippen molar-refractivity contribution in [1.29, 1.82) is 0 Å². The molecule has 4 nitrogen and oxygen atoms in total. The van der Waals surface area contributed by atoms with Crippen molar-refractivity contribution in [3.63, 3.8) is 0 Å². The summed E-state index contributed by atoms with van der Waals surface area (Å²) < 4.78 is 12.5. The number of nitrogens with zero attached hydrogens (tertiary/aromatic N) is 2. The van der Waals surface area contributed by atoms with Crippen LogP contribution in [0.3, 0.4) is 0 Å². The van der Waals surface area contributed by atoms with Gasteiger partial charge in [0.1, 0.15) is 5.15 Å². The van der Waals surface area contributed by atoms with Crippen molar-refractivity contribution in [2.45, 2.75) is 84.8 Å². The first-order valence-electron chi connectivity index (χ1n) is 46.7. The summed E-state index contributed by atoms with van der Waals surface area (Å²) in [7, 11) is -2.09. The summed E-state index contributed by atoms with van der Waals surface area (Å²) >= 11 is 17.9. The van der Waals surface area contributed by atoms with Crippen molar-refractivity contribution >= 4 is 165 Å². The van der Waals surface area contributed by atoms with Gasteiger partial charge in [-0.3, -0.25) is 0 Å². The summed E-state index contributed by atoms with van der Waals surface area (Å²) in [5, 5.41) is 20.6. The van der Waals surface area contributed by atoms with Gasteiger partial charge in [0.2, 0.25) is 0 Å². The average Bonchev–Trinajstić information content (AvgIpc) is 1.58. The van der Waals surface area contributed by atoms with Gasteiger partial charge in [-0.15, -0.1) is 0 Å². The molecule has 0 amide bonds. The van der Waals surface area contributed by atoms with Gasteiger partial charge in [-0.05, 0) is 228 Å². The molecule has 2 aromatic heterocycles. The molecular weight excluding hydrogens is 1930 g/mol. The summed E-state index contributed by atoms with van der Waals surface area (Å²) in [4.78, 5) is 8.96. The first-order valence-corrected chi connectivity index (χ1v) is 53.2. The third-order valence-corrected chi connectivity index (χ3v) is 36.2. The SMILES string of the molecule is C.CC1(C)c2ccccc2-c2ccc(-c3ccc4c(Cl)cccc4n3)cc21.CC1(C)c2ccccc2-c2ccc(B3OC(C)(C)C(C)(C)O3)cc21.Clc1ccc2c(Cl)cccc2n1.[Pd].c1ccc(P(c2ccccc2)c2ccccc2)cc1.c1ccc(P(c2ccccc2)c2ccccc2)cc1.c1ccc(P(c2ccccc2)c2ccccc2)cc1.c1ccc(P(c2ccccc2)c2ccccc2)cc1. The topological polar surface area (TPSA) is 44.2 Å². The molecular formula is C127H112BCl3N2O2P4Pd. The molecule has 0 bridgehead atoms. The van der Waals surface area contributed by atoms with Crippen LogP contribution in [0.25, 0.3) is 55.3 Å². The van der Waals surface area contributed by atoms with E-state index in [1.54, 1.807) is 6.07 Å². The van der Waals surface area contributed by atoms with Crippen molar-refractivity contribution in [1.82, 2.24) is 9.97 Å². The van der Waals surface area contributed by atoms with Crippen molar-refractivity contribution < 1.29 is 29.7 Å². The summed E-state index contributed by atoms with van der Waals surface area (Å²) in [6.07, 6.45) is 0. The Morgan fingerprint density at radius 1 is 0.229 bits per heavy atom. The smallest absolute Gasteiger partial charge is 0.399 e. The second kappa shape index (κ2) is 48.0. The number of rotatable bonds is 14. The molecule has 696 valence electrons. The van der Waals surface area contributed by atoms with Crippen LogP contribution in [0.1, 0.15) is 85.1 Å². The molecule has 0 spiro atoms. The molecule has 0 N–H and O–H groups in total. The van der Waals surface area contributed by atoms with Crippen LogP contribution in [0.15, 0.2) is 510 Å². The summed E-state index contributed by atoms with van der Waals surface area (Å²) in [6, 6.07) is 179.